The average molecular weight is 368 g/mol. The van der Waals surface area contributed by atoms with Gasteiger partial charge in [0, 0.05) is 19.2 Å². The molecule has 1 aromatic carbocycles. The van der Waals surface area contributed by atoms with Crippen molar-refractivity contribution in [2.24, 2.45) is 0 Å². The second-order valence-electron chi connectivity index (χ2n) is 5.13. The maximum atomic E-state index is 14.4. The van der Waals surface area contributed by atoms with Gasteiger partial charge in [-0.25, -0.2) is 9.07 Å². The van der Waals surface area contributed by atoms with E-state index in [4.69, 9.17) is 21.7 Å². The Bertz CT molecular complexity index is 719. The van der Waals surface area contributed by atoms with Crippen molar-refractivity contribution in [1.82, 2.24) is 15.0 Å². The van der Waals surface area contributed by atoms with Gasteiger partial charge in [0.25, 0.3) is 0 Å². The first kappa shape index (κ1) is 17.1. The fourth-order valence-electron chi connectivity index (χ4n) is 2.38. The Morgan fingerprint density at radius 2 is 2.21 bits per heavy atom. The monoisotopic (exact) mass is 368 g/mol. The molecule has 0 spiro atoms. The molecule has 1 aliphatic heterocycles. The zero-order valence-corrected chi connectivity index (χ0v) is 14.8. The van der Waals surface area contributed by atoms with E-state index in [2.05, 4.69) is 10.3 Å². The Balaban J connectivity index is 1.72. The summed E-state index contributed by atoms with van der Waals surface area (Å²) < 4.78 is 27.0. The first-order valence-electron chi connectivity index (χ1n) is 7.42. The molecule has 3 rings (SSSR count). The van der Waals surface area contributed by atoms with Crippen molar-refractivity contribution in [3.8, 4) is 5.69 Å². The largest absolute Gasteiger partial charge is 0.472 e. The van der Waals surface area contributed by atoms with Crippen molar-refractivity contribution in [2.45, 2.75) is 6.61 Å². The van der Waals surface area contributed by atoms with Gasteiger partial charge in [0.1, 0.15) is 18.1 Å². The number of anilines is 1. The van der Waals surface area contributed by atoms with Crippen molar-refractivity contribution < 1.29 is 13.9 Å². The van der Waals surface area contributed by atoms with Gasteiger partial charge in [-0.1, -0.05) is 17.0 Å². The molecule has 0 unspecified atom stereocenters. The number of rotatable bonds is 4. The lowest BCUT2D eigenvalue weighted by molar-refractivity contribution is 0.122. The molecule has 1 aromatic heterocycles. The molecule has 0 bridgehead atoms. The Morgan fingerprint density at radius 1 is 1.42 bits per heavy atom. The van der Waals surface area contributed by atoms with Crippen molar-refractivity contribution in [3.63, 3.8) is 0 Å². The topological polar surface area (TPSA) is 52.4 Å². The van der Waals surface area contributed by atoms with Crippen molar-refractivity contribution >= 4 is 34.0 Å². The second-order valence-corrected chi connectivity index (χ2v) is 6.54. The highest BCUT2D eigenvalue weighted by Crippen LogP contribution is 2.23. The number of hydrogen-bond donors (Lipinski definition) is 0. The van der Waals surface area contributed by atoms with Gasteiger partial charge in [0.05, 0.1) is 30.8 Å². The number of hydrogen-bond acceptors (Lipinski definition) is 7. The molecule has 0 saturated carbocycles. The summed E-state index contributed by atoms with van der Waals surface area (Å²) in [6.45, 7) is 2.86. The molecule has 24 heavy (non-hydrogen) atoms. The highest BCUT2D eigenvalue weighted by molar-refractivity contribution is 8.22. The minimum atomic E-state index is -0.286. The van der Waals surface area contributed by atoms with Gasteiger partial charge in [-0.2, -0.15) is 0 Å². The van der Waals surface area contributed by atoms with E-state index in [1.54, 1.807) is 12.3 Å². The van der Waals surface area contributed by atoms with Gasteiger partial charge >= 0.3 is 0 Å². The smallest absolute Gasteiger partial charge is 0.220 e. The summed E-state index contributed by atoms with van der Waals surface area (Å²) >= 11 is 6.33. The van der Waals surface area contributed by atoms with Gasteiger partial charge in [-0.05, 0) is 30.6 Å². The van der Waals surface area contributed by atoms with Gasteiger partial charge in [-0.3, -0.25) is 0 Å². The van der Waals surface area contributed by atoms with Crippen molar-refractivity contribution in [3.05, 3.63) is 35.9 Å². The standard InChI is InChI=1S/C15H17FN4O2S2/c1-24-15(23)22-10-11-9-20(18-17-11)12-2-3-14(13(16)8-12)19-4-6-21-7-5-19/h2-3,8-9H,4-7,10H2,1H3. The molecule has 0 atom stereocenters. The van der Waals surface area contributed by atoms with Crippen molar-refractivity contribution in [1.29, 1.82) is 0 Å². The minimum absolute atomic E-state index is 0.244. The molecule has 2 aromatic rings. The van der Waals surface area contributed by atoms with Crippen molar-refractivity contribution in [2.75, 3.05) is 37.5 Å². The molecule has 2 heterocycles. The predicted molar refractivity (Wildman–Crippen MR) is 95.3 cm³/mol. The fraction of sp³-hybridized carbons (Fsp3) is 0.400. The molecule has 1 aliphatic rings. The summed E-state index contributed by atoms with van der Waals surface area (Å²) in [6, 6.07) is 5.03. The van der Waals surface area contributed by atoms with Crippen LogP contribution in [0, 0.1) is 5.82 Å². The molecule has 0 amide bonds. The van der Waals surface area contributed by atoms with E-state index >= 15 is 0 Å². The van der Waals surface area contributed by atoms with Crippen LogP contribution in [-0.2, 0) is 16.1 Å². The lowest BCUT2D eigenvalue weighted by atomic mass is 10.2. The summed E-state index contributed by atoms with van der Waals surface area (Å²) in [6.07, 6.45) is 3.55. The van der Waals surface area contributed by atoms with E-state index in [1.165, 1.54) is 22.5 Å². The average Bonchev–Trinajstić information content (AvgIpc) is 3.09. The van der Waals surface area contributed by atoms with Crippen LogP contribution >= 0.6 is 24.0 Å². The molecule has 0 radical (unpaired) electrons. The normalized spacial score (nSPS) is 14.7. The summed E-state index contributed by atoms with van der Waals surface area (Å²) in [5.74, 6) is -0.286. The van der Waals surface area contributed by atoms with Gasteiger partial charge in [0.15, 0.2) is 0 Å². The zero-order valence-electron chi connectivity index (χ0n) is 13.1. The number of thiocarbonyl (C=S) groups is 1. The third-order valence-electron chi connectivity index (χ3n) is 3.59. The number of halogens is 1. The summed E-state index contributed by atoms with van der Waals surface area (Å²) in [7, 11) is 0. The van der Waals surface area contributed by atoms with E-state index in [0.717, 1.165) is 0 Å². The van der Waals surface area contributed by atoms with Gasteiger partial charge in [0.2, 0.25) is 4.38 Å². The van der Waals surface area contributed by atoms with Crippen LogP contribution in [0.5, 0.6) is 0 Å². The van der Waals surface area contributed by atoms with Crippen LogP contribution in [0.2, 0.25) is 0 Å². The molecule has 1 fully saturated rings. The van der Waals surface area contributed by atoms with E-state index in [-0.39, 0.29) is 12.4 Å². The summed E-state index contributed by atoms with van der Waals surface area (Å²) in [5.41, 5.74) is 1.82. The molecule has 9 heteroatoms. The fourth-order valence-corrected chi connectivity index (χ4v) is 2.62. The van der Waals surface area contributed by atoms with Crippen LogP contribution in [0.1, 0.15) is 5.69 Å². The molecule has 1 saturated heterocycles. The number of aromatic nitrogens is 3. The first-order valence-corrected chi connectivity index (χ1v) is 9.05. The van der Waals surface area contributed by atoms with Crippen LogP contribution in [0.25, 0.3) is 5.69 Å². The predicted octanol–water partition coefficient (Wildman–Crippen LogP) is 2.41. The molecular weight excluding hydrogens is 351 g/mol. The highest BCUT2D eigenvalue weighted by Gasteiger charge is 2.16. The lowest BCUT2D eigenvalue weighted by Crippen LogP contribution is -2.36. The Kier molecular flexibility index (Phi) is 5.64. The Labute approximate surface area is 148 Å². The third-order valence-corrected chi connectivity index (χ3v) is 4.66. The number of ether oxygens (including phenoxy) is 2. The quantitative estimate of drug-likeness (QED) is 0.768. The van der Waals surface area contributed by atoms with Crippen LogP contribution < -0.4 is 4.90 Å². The Morgan fingerprint density at radius 3 is 2.92 bits per heavy atom. The molecule has 6 nitrogen and oxygen atoms in total. The number of morpholine rings is 1. The van der Waals surface area contributed by atoms with E-state index < -0.39 is 0 Å². The van der Waals surface area contributed by atoms with E-state index in [0.29, 0.717) is 47.8 Å². The van der Waals surface area contributed by atoms with E-state index in [1.807, 2.05) is 17.2 Å². The zero-order chi connectivity index (χ0) is 16.9. The second kappa shape index (κ2) is 7.91. The molecular formula is C15H17FN4O2S2. The molecule has 128 valence electrons. The number of thioether (sulfide) groups is 1. The number of benzene rings is 1. The first-order chi connectivity index (χ1) is 11.7. The minimum Gasteiger partial charge on any atom is -0.472 e. The van der Waals surface area contributed by atoms with Crippen LogP contribution in [0.3, 0.4) is 0 Å². The van der Waals surface area contributed by atoms with Crippen LogP contribution in [0.15, 0.2) is 24.4 Å². The van der Waals surface area contributed by atoms with Gasteiger partial charge < -0.3 is 14.4 Å². The third kappa shape index (κ3) is 4.03. The summed E-state index contributed by atoms with van der Waals surface area (Å²) in [4.78, 5) is 1.98. The lowest BCUT2D eigenvalue weighted by Gasteiger charge is -2.29. The van der Waals surface area contributed by atoms with Gasteiger partial charge in [-0.15, -0.1) is 5.10 Å². The summed E-state index contributed by atoms with van der Waals surface area (Å²) in [5, 5.41) is 8.02. The maximum absolute atomic E-state index is 14.4. The molecule has 0 N–H and O–H groups in total. The molecule has 0 aliphatic carbocycles. The van der Waals surface area contributed by atoms with E-state index in [9.17, 15) is 4.39 Å². The highest BCUT2D eigenvalue weighted by atomic mass is 32.2. The SMILES string of the molecule is CSC(=S)OCc1cn(-c2ccc(N3CCOCC3)c(F)c2)nn1. The Hall–Kier alpha value is -1.71. The van der Waals surface area contributed by atoms with Crippen LogP contribution in [0.4, 0.5) is 10.1 Å². The number of nitrogens with zero attached hydrogens (tertiary/aromatic N) is 4. The van der Waals surface area contributed by atoms with Crippen LogP contribution in [-0.4, -0.2) is 51.9 Å². The maximum Gasteiger partial charge on any atom is 0.220 e.